The van der Waals surface area contributed by atoms with Crippen LogP contribution in [0.1, 0.15) is 0 Å². The third kappa shape index (κ3) is 2.31. The third-order valence-electron chi connectivity index (χ3n) is 2.68. The Bertz CT molecular complexity index is 330. The summed E-state index contributed by atoms with van der Waals surface area (Å²) in [4.78, 5) is 0. The topological polar surface area (TPSA) is 73.9 Å². The maximum atomic E-state index is 11.1. The number of rotatable bonds is 3. The van der Waals surface area contributed by atoms with Gasteiger partial charge in [0.2, 0.25) is 10.0 Å². The maximum Gasteiger partial charge on any atom is 0.209 e. The van der Waals surface area contributed by atoms with E-state index < -0.39 is 10.0 Å². The predicted octanol–water partition coefficient (Wildman–Crippen LogP) is -1.28. The minimum absolute atomic E-state index is 0.0960. The molecule has 88 valence electrons. The van der Waals surface area contributed by atoms with Gasteiger partial charge in [0.15, 0.2) is 0 Å². The van der Waals surface area contributed by atoms with Crippen molar-refractivity contribution < 1.29 is 22.6 Å². The Kier molecular flexibility index (Phi) is 3.00. The van der Waals surface area contributed by atoms with Crippen LogP contribution < -0.4 is 4.72 Å². The summed E-state index contributed by atoms with van der Waals surface area (Å²) >= 11 is 0. The Morgan fingerprint density at radius 1 is 1.27 bits per heavy atom. The minimum Gasteiger partial charge on any atom is -0.376 e. The Hall–Kier alpha value is -0.210. The maximum absolute atomic E-state index is 11.1. The van der Waals surface area contributed by atoms with Crippen LogP contribution in [0.15, 0.2) is 0 Å². The zero-order valence-corrected chi connectivity index (χ0v) is 9.49. The van der Waals surface area contributed by atoms with E-state index in [1.54, 1.807) is 7.11 Å². The quantitative estimate of drug-likeness (QED) is 0.661. The minimum atomic E-state index is -3.22. The average molecular weight is 237 g/mol. The molecule has 0 aliphatic carbocycles. The Balaban J connectivity index is 2.02. The van der Waals surface area contributed by atoms with Crippen molar-refractivity contribution in [3.63, 3.8) is 0 Å². The SMILES string of the molecule is COC1COC2C(NS(C)(=O)=O)COC12. The van der Waals surface area contributed by atoms with E-state index in [2.05, 4.69) is 4.72 Å². The van der Waals surface area contributed by atoms with Crippen LogP contribution in [0.3, 0.4) is 0 Å². The molecular formula is C8H15NO5S. The number of sulfonamides is 1. The summed E-state index contributed by atoms with van der Waals surface area (Å²) < 4.78 is 40.7. The van der Waals surface area contributed by atoms with Crippen LogP contribution in [0.4, 0.5) is 0 Å². The van der Waals surface area contributed by atoms with Crippen LogP contribution in [-0.2, 0) is 24.2 Å². The van der Waals surface area contributed by atoms with Gasteiger partial charge >= 0.3 is 0 Å². The van der Waals surface area contributed by atoms with Crippen molar-refractivity contribution in [1.29, 1.82) is 0 Å². The number of hydrogen-bond donors (Lipinski definition) is 1. The molecule has 2 rings (SSSR count). The lowest BCUT2D eigenvalue weighted by Gasteiger charge is -2.16. The van der Waals surface area contributed by atoms with Crippen LogP contribution in [0.5, 0.6) is 0 Å². The van der Waals surface area contributed by atoms with Crippen molar-refractivity contribution in [2.45, 2.75) is 24.4 Å². The smallest absolute Gasteiger partial charge is 0.209 e. The highest BCUT2D eigenvalue weighted by molar-refractivity contribution is 7.88. The molecule has 2 fully saturated rings. The zero-order chi connectivity index (χ0) is 11.1. The summed E-state index contributed by atoms with van der Waals surface area (Å²) in [5.41, 5.74) is 0. The molecule has 2 aliphatic heterocycles. The Labute approximate surface area is 88.9 Å². The lowest BCUT2D eigenvalue weighted by atomic mass is 10.1. The van der Waals surface area contributed by atoms with E-state index in [0.717, 1.165) is 6.26 Å². The molecule has 4 unspecified atom stereocenters. The summed E-state index contributed by atoms with van der Waals surface area (Å²) in [7, 11) is -1.63. The molecule has 2 aliphatic rings. The highest BCUT2D eigenvalue weighted by Gasteiger charge is 2.48. The van der Waals surface area contributed by atoms with Gasteiger partial charge in [0.05, 0.1) is 25.5 Å². The molecule has 7 heteroatoms. The van der Waals surface area contributed by atoms with Crippen LogP contribution in [0, 0.1) is 0 Å². The van der Waals surface area contributed by atoms with E-state index in [9.17, 15) is 8.42 Å². The standard InChI is InChI=1S/C8H15NO5S/c1-12-6-4-14-7-5(3-13-8(6)7)9-15(2,10)11/h5-9H,3-4H2,1-2H3. The molecule has 0 spiro atoms. The first kappa shape index (κ1) is 11.3. The van der Waals surface area contributed by atoms with Gasteiger partial charge in [-0.3, -0.25) is 0 Å². The van der Waals surface area contributed by atoms with Crippen LogP contribution in [-0.4, -0.2) is 59.4 Å². The molecular weight excluding hydrogens is 222 g/mol. The van der Waals surface area contributed by atoms with Crippen molar-refractivity contribution in [3.8, 4) is 0 Å². The third-order valence-corrected chi connectivity index (χ3v) is 3.41. The molecule has 6 nitrogen and oxygen atoms in total. The molecule has 0 saturated carbocycles. The average Bonchev–Trinajstić information content (AvgIpc) is 2.65. The van der Waals surface area contributed by atoms with E-state index in [0.29, 0.717) is 13.2 Å². The Morgan fingerprint density at radius 3 is 2.53 bits per heavy atom. The first-order chi connectivity index (χ1) is 7.01. The molecule has 15 heavy (non-hydrogen) atoms. The number of ether oxygens (including phenoxy) is 3. The number of hydrogen-bond acceptors (Lipinski definition) is 5. The van der Waals surface area contributed by atoms with Crippen LogP contribution >= 0.6 is 0 Å². The van der Waals surface area contributed by atoms with E-state index in [1.165, 1.54) is 0 Å². The molecule has 0 bridgehead atoms. The van der Waals surface area contributed by atoms with Crippen molar-refractivity contribution in [1.82, 2.24) is 4.72 Å². The lowest BCUT2D eigenvalue weighted by Crippen LogP contribution is -2.43. The van der Waals surface area contributed by atoms with Gasteiger partial charge in [0.1, 0.15) is 18.3 Å². The highest BCUT2D eigenvalue weighted by Crippen LogP contribution is 2.28. The second-order valence-corrected chi connectivity index (χ2v) is 5.65. The molecule has 0 aromatic heterocycles. The van der Waals surface area contributed by atoms with Crippen molar-refractivity contribution >= 4 is 10.0 Å². The van der Waals surface area contributed by atoms with Gasteiger partial charge in [-0.05, 0) is 0 Å². The van der Waals surface area contributed by atoms with E-state index in [1.807, 2.05) is 0 Å². The van der Waals surface area contributed by atoms with E-state index in [-0.39, 0.29) is 24.4 Å². The van der Waals surface area contributed by atoms with E-state index in [4.69, 9.17) is 14.2 Å². The second kappa shape index (κ2) is 3.99. The van der Waals surface area contributed by atoms with Gasteiger partial charge in [-0.2, -0.15) is 0 Å². The molecule has 2 heterocycles. The molecule has 4 atom stereocenters. The predicted molar refractivity (Wildman–Crippen MR) is 52.0 cm³/mol. The Morgan fingerprint density at radius 2 is 1.93 bits per heavy atom. The van der Waals surface area contributed by atoms with Crippen molar-refractivity contribution in [3.05, 3.63) is 0 Å². The van der Waals surface area contributed by atoms with Crippen LogP contribution in [0.25, 0.3) is 0 Å². The van der Waals surface area contributed by atoms with Gasteiger partial charge in [0, 0.05) is 7.11 Å². The van der Waals surface area contributed by atoms with E-state index >= 15 is 0 Å². The normalized spacial score (nSPS) is 40.7. The first-order valence-electron chi connectivity index (χ1n) is 4.74. The summed E-state index contributed by atoms with van der Waals surface area (Å²) in [6, 6.07) is -0.301. The zero-order valence-electron chi connectivity index (χ0n) is 8.67. The summed E-state index contributed by atoms with van der Waals surface area (Å²) in [5.74, 6) is 0. The van der Waals surface area contributed by atoms with Gasteiger partial charge < -0.3 is 14.2 Å². The molecule has 1 N–H and O–H groups in total. The second-order valence-electron chi connectivity index (χ2n) is 3.87. The summed E-state index contributed by atoms with van der Waals surface area (Å²) in [6.45, 7) is 0.788. The van der Waals surface area contributed by atoms with Gasteiger partial charge in [0.25, 0.3) is 0 Å². The fourth-order valence-corrected chi connectivity index (χ4v) is 2.79. The summed E-state index contributed by atoms with van der Waals surface area (Å²) in [5, 5.41) is 0. The van der Waals surface area contributed by atoms with Gasteiger partial charge in [-0.15, -0.1) is 0 Å². The monoisotopic (exact) mass is 237 g/mol. The molecule has 0 aromatic carbocycles. The fraction of sp³-hybridized carbons (Fsp3) is 1.00. The van der Waals surface area contributed by atoms with Crippen LogP contribution in [0.2, 0.25) is 0 Å². The molecule has 0 radical (unpaired) electrons. The van der Waals surface area contributed by atoms with Crippen molar-refractivity contribution in [2.24, 2.45) is 0 Å². The highest BCUT2D eigenvalue weighted by atomic mass is 32.2. The molecule has 2 saturated heterocycles. The number of fused-ring (bicyclic) bond motifs is 1. The number of nitrogens with one attached hydrogen (secondary N) is 1. The summed E-state index contributed by atoms with van der Waals surface area (Å²) in [6.07, 6.45) is 0.642. The van der Waals surface area contributed by atoms with Gasteiger partial charge in [-0.25, -0.2) is 13.1 Å². The van der Waals surface area contributed by atoms with Gasteiger partial charge in [-0.1, -0.05) is 0 Å². The molecule has 0 aromatic rings. The first-order valence-corrected chi connectivity index (χ1v) is 6.63. The fourth-order valence-electron chi connectivity index (χ4n) is 2.04. The largest absolute Gasteiger partial charge is 0.376 e. The lowest BCUT2D eigenvalue weighted by molar-refractivity contribution is -0.00795. The number of methoxy groups -OCH3 is 1. The molecule has 0 amide bonds. The van der Waals surface area contributed by atoms with Crippen molar-refractivity contribution in [2.75, 3.05) is 26.6 Å².